The Labute approximate surface area is 97.7 Å². The molecule has 3 nitrogen and oxygen atoms in total. The highest BCUT2D eigenvalue weighted by atomic mass is 14.9. The highest BCUT2D eigenvalue weighted by Gasteiger charge is 2.21. The fourth-order valence-electron chi connectivity index (χ4n) is 2.41. The summed E-state index contributed by atoms with van der Waals surface area (Å²) in [7, 11) is 1.95. The second-order valence-electron chi connectivity index (χ2n) is 4.89. The van der Waals surface area contributed by atoms with Gasteiger partial charge in [0.15, 0.2) is 0 Å². The number of hydrogen-bond acceptors (Lipinski definition) is 3. The maximum Gasteiger partial charge on any atom is 0.131 e. The van der Waals surface area contributed by atoms with Crippen LogP contribution in [0.3, 0.4) is 0 Å². The summed E-state index contributed by atoms with van der Waals surface area (Å²) in [4.78, 5) is 9.07. The van der Waals surface area contributed by atoms with Crippen molar-refractivity contribution in [1.82, 2.24) is 15.3 Å². The van der Waals surface area contributed by atoms with Gasteiger partial charge in [0, 0.05) is 18.7 Å². The molecule has 0 bridgehead atoms. The molecule has 0 unspecified atom stereocenters. The topological polar surface area (TPSA) is 37.8 Å². The van der Waals surface area contributed by atoms with E-state index in [1.165, 1.54) is 25.7 Å². The monoisotopic (exact) mass is 219 g/mol. The second kappa shape index (κ2) is 5.39. The molecule has 0 aliphatic heterocycles. The van der Waals surface area contributed by atoms with Crippen molar-refractivity contribution in [2.24, 2.45) is 5.92 Å². The Kier molecular flexibility index (Phi) is 3.88. The van der Waals surface area contributed by atoms with Gasteiger partial charge < -0.3 is 5.32 Å². The van der Waals surface area contributed by atoms with Gasteiger partial charge in [0.2, 0.25) is 0 Å². The van der Waals surface area contributed by atoms with Crippen LogP contribution in [-0.4, -0.2) is 17.0 Å². The lowest BCUT2D eigenvalue weighted by Crippen LogP contribution is -2.15. The van der Waals surface area contributed by atoms with Crippen molar-refractivity contribution >= 4 is 0 Å². The van der Waals surface area contributed by atoms with E-state index in [9.17, 15) is 0 Å². The molecule has 0 spiro atoms. The van der Waals surface area contributed by atoms with Crippen molar-refractivity contribution in [1.29, 1.82) is 0 Å². The quantitative estimate of drug-likeness (QED) is 0.848. The van der Waals surface area contributed by atoms with Crippen LogP contribution in [0.25, 0.3) is 0 Å². The zero-order valence-electron chi connectivity index (χ0n) is 10.2. The number of nitrogens with one attached hydrogen (secondary N) is 1. The normalized spacial score (nSPS) is 25.6. The smallest absolute Gasteiger partial charge is 0.131 e. The molecule has 0 radical (unpaired) electrons. The fraction of sp³-hybridized carbons (Fsp3) is 0.692. The zero-order valence-corrected chi connectivity index (χ0v) is 10.2. The van der Waals surface area contributed by atoms with Gasteiger partial charge in [-0.2, -0.15) is 0 Å². The van der Waals surface area contributed by atoms with E-state index in [-0.39, 0.29) is 0 Å². The van der Waals surface area contributed by atoms with Gasteiger partial charge in [-0.05, 0) is 31.9 Å². The molecule has 1 aromatic heterocycles. The van der Waals surface area contributed by atoms with Crippen LogP contribution in [0.15, 0.2) is 12.3 Å². The van der Waals surface area contributed by atoms with Crippen LogP contribution in [0, 0.1) is 5.92 Å². The predicted molar refractivity (Wildman–Crippen MR) is 65.2 cm³/mol. The molecule has 88 valence electrons. The SMILES string of the molecule is CNCc1ccnc(C2CCC(C)CC2)n1. The summed E-state index contributed by atoms with van der Waals surface area (Å²) in [5, 5.41) is 3.13. The molecule has 3 heteroatoms. The number of hydrogen-bond donors (Lipinski definition) is 1. The lowest BCUT2D eigenvalue weighted by Gasteiger charge is -2.25. The summed E-state index contributed by atoms with van der Waals surface area (Å²) >= 11 is 0. The van der Waals surface area contributed by atoms with E-state index >= 15 is 0 Å². The van der Waals surface area contributed by atoms with E-state index < -0.39 is 0 Å². The Balaban J connectivity index is 2.05. The minimum Gasteiger partial charge on any atom is -0.314 e. The van der Waals surface area contributed by atoms with E-state index in [1.807, 2.05) is 19.3 Å². The molecule has 1 aliphatic carbocycles. The standard InChI is InChI=1S/C13H21N3/c1-10-3-5-11(6-4-10)13-15-8-7-12(16-13)9-14-2/h7-8,10-11,14H,3-6,9H2,1-2H3. The maximum absolute atomic E-state index is 4.64. The lowest BCUT2D eigenvalue weighted by atomic mass is 9.82. The first-order chi connectivity index (χ1) is 7.79. The molecule has 1 saturated carbocycles. The van der Waals surface area contributed by atoms with Crippen LogP contribution >= 0.6 is 0 Å². The Morgan fingerprint density at radius 2 is 2.06 bits per heavy atom. The van der Waals surface area contributed by atoms with Crippen molar-refractivity contribution in [2.45, 2.75) is 45.1 Å². The first kappa shape index (κ1) is 11.5. The molecular weight excluding hydrogens is 198 g/mol. The Hall–Kier alpha value is -0.960. The predicted octanol–water partition coefficient (Wildman–Crippen LogP) is 2.49. The van der Waals surface area contributed by atoms with Gasteiger partial charge in [0.25, 0.3) is 0 Å². The summed E-state index contributed by atoms with van der Waals surface area (Å²) in [6.07, 6.45) is 7.05. The molecule has 0 amide bonds. The Bertz CT molecular complexity index is 330. The minimum atomic E-state index is 0.591. The van der Waals surface area contributed by atoms with Gasteiger partial charge in [0.1, 0.15) is 5.82 Å². The van der Waals surface area contributed by atoms with Gasteiger partial charge >= 0.3 is 0 Å². The van der Waals surface area contributed by atoms with Gasteiger partial charge in [-0.15, -0.1) is 0 Å². The van der Waals surface area contributed by atoms with E-state index in [0.717, 1.165) is 24.0 Å². The third kappa shape index (κ3) is 2.79. The van der Waals surface area contributed by atoms with Crippen molar-refractivity contribution in [3.63, 3.8) is 0 Å². The summed E-state index contributed by atoms with van der Waals surface area (Å²) < 4.78 is 0. The third-order valence-electron chi connectivity index (χ3n) is 3.47. The van der Waals surface area contributed by atoms with Gasteiger partial charge in [-0.1, -0.05) is 19.8 Å². The Morgan fingerprint density at radius 3 is 2.75 bits per heavy atom. The molecule has 16 heavy (non-hydrogen) atoms. The van der Waals surface area contributed by atoms with Crippen LogP contribution in [0.5, 0.6) is 0 Å². The number of rotatable bonds is 3. The van der Waals surface area contributed by atoms with Crippen LogP contribution in [0.2, 0.25) is 0 Å². The minimum absolute atomic E-state index is 0.591. The van der Waals surface area contributed by atoms with Gasteiger partial charge in [-0.3, -0.25) is 0 Å². The summed E-state index contributed by atoms with van der Waals surface area (Å²) in [6, 6.07) is 1.99. The summed E-state index contributed by atoms with van der Waals surface area (Å²) in [6.45, 7) is 3.17. The molecule has 1 N–H and O–H groups in total. The summed E-state index contributed by atoms with van der Waals surface area (Å²) in [5.41, 5.74) is 1.10. The van der Waals surface area contributed by atoms with Gasteiger partial charge in [-0.25, -0.2) is 9.97 Å². The number of nitrogens with zero attached hydrogens (tertiary/aromatic N) is 2. The van der Waals surface area contributed by atoms with Crippen molar-refractivity contribution in [3.05, 3.63) is 23.8 Å². The summed E-state index contributed by atoms with van der Waals surface area (Å²) in [5.74, 6) is 2.53. The first-order valence-electron chi connectivity index (χ1n) is 6.26. The Morgan fingerprint density at radius 1 is 1.31 bits per heavy atom. The van der Waals surface area contributed by atoms with E-state index in [0.29, 0.717) is 5.92 Å². The highest BCUT2D eigenvalue weighted by Crippen LogP contribution is 2.33. The number of aromatic nitrogens is 2. The third-order valence-corrected chi connectivity index (χ3v) is 3.47. The molecule has 1 fully saturated rings. The first-order valence-corrected chi connectivity index (χ1v) is 6.26. The lowest BCUT2D eigenvalue weighted by molar-refractivity contribution is 0.339. The maximum atomic E-state index is 4.64. The van der Waals surface area contributed by atoms with E-state index in [2.05, 4.69) is 22.2 Å². The average Bonchev–Trinajstić information content (AvgIpc) is 2.31. The largest absolute Gasteiger partial charge is 0.314 e. The molecule has 0 atom stereocenters. The molecule has 1 heterocycles. The van der Waals surface area contributed by atoms with Gasteiger partial charge in [0.05, 0.1) is 5.69 Å². The second-order valence-corrected chi connectivity index (χ2v) is 4.89. The molecule has 1 aromatic rings. The van der Waals surface area contributed by atoms with E-state index in [4.69, 9.17) is 0 Å². The van der Waals surface area contributed by atoms with Crippen LogP contribution in [0.4, 0.5) is 0 Å². The highest BCUT2D eigenvalue weighted by molar-refractivity contribution is 5.06. The van der Waals surface area contributed by atoms with Crippen molar-refractivity contribution < 1.29 is 0 Å². The fourth-order valence-corrected chi connectivity index (χ4v) is 2.41. The molecule has 0 aromatic carbocycles. The molecule has 2 rings (SSSR count). The zero-order chi connectivity index (χ0) is 11.4. The van der Waals surface area contributed by atoms with Crippen LogP contribution in [-0.2, 0) is 6.54 Å². The molecule has 0 saturated heterocycles. The molecular formula is C13H21N3. The van der Waals surface area contributed by atoms with Crippen LogP contribution < -0.4 is 5.32 Å². The van der Waals surface area contributed by atoms with Crippen molar-refractivity contribution in [2.75, 3.05) is 7.05 Å². The molecule has 1 aliphatic rings. The van der Waals surface area contributed by atoms with Crippen LogP contribution in [0.1, 0.15) is 50.0 Å². The van der Waals surface area contributed by atoms with E-state index in [1.54, 1.807) is 0 Å². The van der Waals surface area contributed by atoms with Crippen molar-refractivity contribution in [3.8, 4) is 0 Å². The average molecular weight is 219 g/mol.